The lowest BCUT2D eigenvalue weighted by Gasteiger charge is -2.08. The molecule has 2 heterocycles. The van der Waals surface area contributed by atoms with Crippen molar-refractivity contribution in [1.82, 2.24) is 9.55 Å². The van der Waals surface area contributed by atoms with Crippen LogP contribution in [0.2, 0.25) is 0 Å². The number of fused-ring (bicyclic) bond motifs is 1. The van der Waals surface area contributed by atoms with Crippen LogP contribution in [0, 0.1) is 0 Å². The normalized spacial score (nSPS) is 11.1. The van der Waals surface area contributed by atoms with Crippen molar-refractivity contribution in [3.8, 4) is 5.69 Å². The molecule has 0 radical (unpaired) electrons. The minimum absolute atomic E-state index is 0.142. The maximum atomic E-state index is 11.9. The van der Waals surface area contributed by atoms with Gasteiger partial charge >= 0.3 is 5.97 Å². The number of carbonyl (C=O) groups is 1. The standard InChI is InChI=1S/C33H32N2O2/c1-2-37-33(36)17-12-27-11-16-32-31(23-27)29(13-8-25-6-4-3-5-7-25)24-35(32)30-14-9-26(10-15-30)22-28-18-20-34-21-19-28/h3-7,9-11,14-16,18-21,23-24H,2,8,12-13,17,22H2,1H3. The van der Waals surface area contributed by atoms with Gasteiger partial charge in [-0.15, -0.1) is 0 Å². The van der Waals surface area contributed by atoms with Gasteiger partial charge < -0.3 is 9.30 Å². The maximum absolute atomic E-state index is 11.9. The first kappa shape index (κ1) is 24.5. The van der Waals surface area contributed by atoms with E-state index < -0.39 is 0 Å². The highest BCUT2D eigenvalue weighted by Crippen LogP contribution is 2.28. The number of esters is 1. The second kappa shape index (κ2) is 11.7. The zero-order chi connectivity index (χ0) is 25.5. The molecule has 186 valence electrons. The van der Waals surface area contributed by atoms with Crippen LogP contribution in [0.4, 0.5) is 0 Å². The average molecular weight is 489 g/mol. The van der Waals surface area contributed by atoms with Gasteiger partial charge in [-0.3, -0.25) is 9.78 Å². The number of pyridine rings is 1. The Labute approximate surface area is 218 Å². The molecule has 0 aliphatic rings. The number of benzene rings is 3. The van der Waals surface area contributed by atoms with Crippen LogP contribution in [0.25, 0.3) is 16.6 Å². The predicted octanol–water partition coefficient (Wildman–Crippen LogP) is 6.90. The third-order valence-electron chi connectivity index (χ3n) is 6.77. The number of carbonyl (C=O) groups excluding carboxylic acids is 1. The molecule has 37 heavy (non-hydrogen) atoms. The van der Waals surface area contributed by atoms with Crippen molar-refractivity contribution in [2.24, 2.45) is 0 Å². The minimum Gasteiger partial charge on any atom is -0.466 e. The summed E-state index contributed by atoms with van der Waals surface area (Å²) in [6.45, 7) is 2.27. The highest BCUT2D eigenvalue weighted by atomic mass is 16.5. The van der Waals surface area contributed by atoms with Crippen molar-refractivity contribution in [2.45, 2.75) is 39.0 Å². The molecule has 0 fully saturated rings. The molecule has 5 aromatic rings. The molecule has 0 N–H and O–H groups in total. The Kier molecular flexibility index (Phi) is 7.75. The van der Waals surface area contributed by atoms with E-state index in [2.05, 4.69) is 101 Å². The van der Waals surface area contributed by atoms with E-state index in [0.29, 0.717) is 19.4 Å². The Morgan fingerprint density at radius 3 is 2.27 bits per heavy atom. The van der Waals surface area contributed by atoms with E-state index in [1.54, 1.807) is 0 Å². The third-order valence-corrected chi connectivity index (χ3v) is 6.77. The van der Waals surface area contributed by atoms with E-state index in [1.165, 1.54) is 33.2 Å². The van der Waals surface area contributed by atoms with Gasteiger partial charge in [0.25, 0.3) is 0 Å². The molecule has 0 saturated heterocycles. The second-order valence-electron chi connectivity index (χ2n) is 9.37. The number of hydrogen-bond donors (Lipinski definition) is 0. The van der Waals surface area contributed by atoms with Gasteiger partial charge in [-0.05, 0) is 96.8 Å². The Balaban J connectivity index is 1.43. The van der Waals surface area contributed by atoms with Crippen LogP contribution in [-0.2, 0) is 35.2 Å². The highest BCUT2D eigenvalue weighted by Gasteiger charge is 2.12. The van der Waals surface area contributed by atoms with Gasteiger partial charge in [0.15, 0.2) is 0 Å². The summed E-state index contributed by atoms with van der Waals surface area (Å²) in [6.07, 6.45) is 9.87. The van der Waals surface area contributed by atoms with E-state index in [0.717, 1.165) is 30.5 Å². The molecule has 0 atom stereocenters. The van der Waals surface area contributed by atoms with Crippen molar-refractivity contribution in [1.29, 1.82) is 0 Å². The quantitative estimate of drug-likeness (QED) is 0.201. The Morgan fingerprint density at radius 2 is 1.51 bits per heavy atom. The molecule has 0 spiro atoms. The van der Waals surface area contributed by atoms with Gasteiger partial charge in [-0.1, -0.05) is 48.5 Å². The predicted molar refractivity (Wildman–Crippen MR) is 149 cm³/mol. The van der Waals surface area contributed by atoms with Crippen LogP contribution in [0.15, 0.2) is 104 Å². The molecule has 0 bridgehead atoms. The van der Waals surface area contributed by atoms with Crippen molar-refractivity contribution in [2.75, 3.05) is 6.61 Å². The lowest BCUT2D eigenvalue weighted by molar-refractivity contribution is -0.143. The zero-order valence-electron chi connectivity index (χ0n) is 21.3. The molecule has 0 aliphatic carbocycles. The molecule has 4 nitrogen and oxygen atoms in total. The largest absolute Gasteiger partial charge is 0.466 e. The summed E-state index contributed by atoms with van der Waals surface area (Å²) in [7, 11) is 0. The SMILES string of the molecule is CCOC(=O)CCc1ccc2c(c1)c(CCc1ccccc1)cn2-c1ccc(Cc2ccncc2)cc1. The number of ether oxygens (including phenoxy) is 1. The van der Waals surface area contributed by atoms with Crippen molar-refractivity contribution in [3.05, 3.63) is 131 Å². The van der Waals surface area contributed by atoms with E-state index in [1.807, 2.05) is 19.3 Å². The monoisotopic (exact) mass is 488 g/mol. The van der Waals surface area contributed by atoms with E-state index in [-0.39, 0.29) is 5.97 Å². The summed E-state index contributed by atoms with van der Waals surface area (Å²) in [6, 6.07) is 30.1. The lowest BCUT2D eigenvalue weighted by Crippen LogP contribution is -2.05. The maximum Gasteiger partial charge on any atom is 0.306 e. The topological polar surface area (TPSA) is 44.1 Å². The molecular weight excluding hydrogens is 456 g/mol. The van der Waals surface area contributed by atoms with Crippen LogP contribution in [0.3, 0.4) is 0 Å². The molecule has 3 aromatic carbocycles. The zero-order valence-corrected chi connectivity index (χ0v) is 21.3. The number of aromatic nitrogens is 2. The number of rotatable bonds is 10. The molecular formula is C33H32N2O2. The summed E-state index contributed by atoms with van der Waals surface area (Å²) in [5.74, 6) is -0.142. The highest BCUT2D eigenvalue weighted by molar-refractivity contribution is 5.86. The average Bonchev–Trinajstić information content (AvgIpc) is 3.30. The van der Waals surface area contributed by atoms with Gasteiger partial charge in [0.2, 0.25) is 0 Å². The molecule has 0 amide bonds. The van der Waals surface area contributed by atoms with Crippen LogP contribution < -0.4 is 0 Å². The second-order valence-corrected chi connectivity index (χ2v) is 9.37. The number of hydrogen-bond acceptors (Lipinski definition) is 3. The first-order valence-electron chi connectivity index (χ1n) is 13.0. The number of nitrogens with zero attached hydrogens (tertiary/aromatic N) is 2. The summed E-state index contributed by atoms with van der Waals surface area (Å²) in [5.41, 5.74) is 8.68. The Bertz CT molecular complexity index is 1460. The van der Waals surface area contributed by atoms with Crippen LogP contribution in [0.5, 0.6) is 0 Å². The van der Waals surface area contributed by atoms with Gasteiger partial charge in [0.1, 0.15) is 0 Å². The van der Waals surface area contributed by atoms with E-state index in [9.17, 15) is 4.79 Å². The van der Waals surface area contributed by atoms with Gasteiger partial charge in [0.05, 0.1) is 12.1 Å². The van der Waals surface area contributed by atoms with Crippen LogP contribution in [-0.4, -0.2) is 22.1 Å². The first-order valence-corrected chi connectivity index (χ1v) is 13.0. The van der Waals surface area contributed by atoms with E-state index >= 15 is 0 Å². The van der Waals surface area contributed by atoms with Crippen molar-refractivity contribution < 1.29 is 9.53 Å². The molecule has 2 aromatic heterocycles. The molecule has 4 heteroatoms. The molecule has 0 saturated carbocycles. The van der Waals surface area contributed by atoms with Gasteiger partial charge in [-0.25, -0.2) is 0 Å². The number of aryl methyl sites for hydroxylation is 3. The first-order chi connectivity index (χ1) is 18.2. The fourth-order valence-electron chi connectivity index (χ4n) is 4.83. The van der Waals surface area contributed by atoms with Crippen molar-refractivity contribution in [3.63, 3.8) is 0 Å². The van der Waals surface area contributed by atoms with Gasteiger partial charge in [-0.2, -0.15) is 0 Å². The van der Waals surface area contributed by atoms with Crippen molar-refractivity contribution >= 4 is 16.9 Å². The minimum atomic E-state index is -0.142. The summed E-state index contributed by atoms with van der Waals surface area (Å²) in [5, 5.41) is 1.25. The lowest BCUT2D eigenvalue weighted by atomic mass is 10.0. The Morgan fingerprint density at radius 1 is 0.784 bits per heavy atom. The summed E-state index contributed by atoms with van der Waals surface area (Å²) in [4.78, 5) is 16.0. The molecule has 5 rings (SSSR count). The van der Waals surface area contributed by atoms with E-state index in [4.69, 9.17) is 4.74 Å². The fraction of sp³-hybridized carbons (Fsp3) is 0.212. The Hall–Kier alpha value is -4.18. The molecule has 0 unspecified atom stereocenters. The van der Waals surface area contributed by atoms with Crippen LogP contribution in [0.1, 0.15) is 41.2 Å². The summed E-state index contributed by atoms with van der Waals surface area (Å²) < 4.78 is 7.42. The summed E-state index contributed by atoms with van der Waals surface area (Å²) >= 11 is 0. The van der Waals surface area contributed by atoms with Gasteiger partial charge in [0, 0.05) is 36.1 Å². The molecule has 0 aliphatic heterocycles. The smallest absolute Gasteiger partial charge is 0.306 e. The fourth-order valence-corrected chi connectivity index (χ4v) is 4.83. The third kappa shape index (κ3) is 6.15. The van der Waals surface area contributed by atoms with Crippen LogP contribution >= 0.6 is 0 Å².